The van der Waals surface area contributed by atoms with Crippen molar-refractivity contribution in [1.82, 2.24) is 10.2 Å². The number of carbonyl (C=O) groups is 1. The minimum atomic E-state index is -0.214. The molecule has 1 aliphatic rings. The fourth-order valence-electron chi connectivity index (χ4n) is 2.91. The Hall–Kier alpha value is -2.06. The third kappa shape index (κ3) is 5.26. The molecule has 5 heteroatoms. The molecule has 1 aliphatic carbocycles. The Labute approximate surface area is 137 Å². The van der Waals surface area contributed by atoms with Crippen molar-refractivity contribution >= 4 is 6.03 Å². The fourth-order valence-corrected chi connectivity index (χ4v) is 2.91. The largest absolute Gasteiger partial charge is 0.393 e. The smallest absolute Gasteiger partial charge is 0.317 e. The molecule has 0 unspecified atom stereocenters. The van der Waals surface area contributed by atoms with Crippen LogP contribution in [0.3, 0.4) is 0 Å². The molecule has 0 bridgehead atoms. The number of hydrogen-bond acceptors (Lipinski definition) is 3. The quantitative estimate of drug-likeness (QED) is 0.877. The molecule has 1 fully saturated rings. The van der Waals surface area contributed by atoms with Crippen LogP contribution < -0.4 is 5.32 Å². The lowest BCUT2D eigenvalue weighted by atomic mass is 9.93. The van der Waals surface area contributed by atoms with E-state index in [2.05, 4.69) is 18.3 Å². The predicted octanol–water partition coefficient (Wildman–Crippen LogP) is 2.78. The fraction of sp³-hybridized carbons (Fsp3) is 0.556. The molecular weight excluding hydrogens is 290 g/mol. The number of nitriles is 1. The molecule has 5 nitrogen and oxygen atoms in total. The van der Waals surface area contributed by atoms with Gasteiger partial charge in [0.25, 0.3) is 0 Å². The number of hydrogen-bond donors (Lipinski definition) is 2. The molecule has 0 aromatic heterocycles. The molecule has 23 heavy (non-hydrogen) atoms. The lowest BCUT2D eigenvalue weighted by molar-refractivity contribution is 0.115. The van der Waals surface area contributed by atoms with Crippen LogP contribution in [-0.4, -0.2) is 34.7 Å². The number of rotatable bonds is 5. The van der Waals surface area contributed by atoms with Crippen LogP contribution in [0.5, 0.6) is 0 Å². The maximum absolute atomic E-state index is 12.5. The van der Waals surface area contributed by atoms with Gasteiger partial charge < -0.3 is 15.3 Å². The van der Waals surface area contributed by atoms with Crippen molar-refractivity contribution < 1.29 is 9.90 Å². The summed E-state index contributed by atoms with van der Waals surface area (Å²) in [5.41, 5.74) is 1.65. The van der Waals surface area contributed by atoms with Gasteiger partial charge in [-0.3, -0.25) is 0 Å². The topological polar surface area (TPSA) is 76.4 Å². The average Bonchev–Trinajstić information content (AvgIpc) is 2.57. The molecule has 1 saturated carbocycles. The summed E-state index contributed by atoms with van der Waals surface area (Å²) in [5.74, 6) is 0. The first-order chi connectivity index (χ1) is 11.1. The van der Waals surface area contributed by atoms with Crippen molar-refractivity contribution in [2.24, 2.45) is 0 Å². The number of nitrogens with zero attached hydrogens (tertiary/aromatic N) is 2. The van der Waals surface area contributed by atoms with E-state index in [4.69, 9.17) is 5.26 Å². The molecule has 0 atom stereocenters. The summed E-state index contributed by atoms with van der Waals surface area (Å²) in [5, 5.41) is 21.5. The van der Waals surface area contributed by atoms with Crippen molar-refractivity contribution in [3.63, 3.8) is 0 Å². The zero-order chi connectivity index (χ0) is 16.7. The Kier molecular flexibility index (Phi) is 6.42. The Morgan fingerprint density at radius 3 is 2.52 bits per heavy atom. The van der Waals surface area contributed by atoms with Gasteiger partial charge in [-0.15, -0.1) is 0 Å². The van der Waals surface area contributed by atoms with Gasteiger partial charge in [0.15, 0.2) is 0 Å². The highest BCUT2D eigenvalue weighted by atomic mass is 16.3. The third-order valence-corrected chi connectivity index (χ3v) is 4.26. The van der Waals surface area contributed by atoms with E-state index >= 15 is 0 Å². The highest BCUT2D eigenvalue weighted by molar-refractivity contribution is 5.74. The van der Waals surface area contributed by atoms with Gasteiger partial charge in [0.2, 0.25) is 0 Å². The van der Waals surface area contributed by atoms with Gasteiger partial charge in [0, 0.05) is 19.1 Å². The number of aliphatic hydroxyl groups excluding tert-OH is 1. The predicted molar refractivity (Wildman–Crippen MR) is 88.7 cm³/mol. The van der Waals surface area contributed by atoms with E-state index in [0.29, 0.717) is 18.7 Å². The van der Waals surface area contributed by atoms with Crippen LogP contribution in [0.25, 0.3) is 0 Å². The number of aliphatic hydroxyl groups is 1. The van der Waals surface area contributed by atoms with Crippen LogP contribution in [0, 0.1) is 11.3 Å². The molecule has 0 spiro atoms. The van der Waals surface area contributed by atoms with E-state index in [-0.39, 0.29) is 18.2 Å². The normalized spacial score (nSPS) is 20.6. The van der Waals surface area contributed by atoms with Crippen LogP contribution in [0.4, 0.5) is 4.79 Å². The van der Waals surface area contributed by atoms with E-state index in [9.17, 15) is 9.90 Å². The first-order valence-corrected chi connectivity index (χ1v) is 8.35. The molecule has 0 aliphatic heterocycles. The molecule has 0 radical (unpaired) electrons. The second kappa shape index (κ2) is 8.54. The maximum Gasteiger partial charge on any atom is 0.317 e. The second-order valence-corrected chi connectivity index (χ2v) is 6.19. The van der Waals surface area contributed by atoms with Crippen LogP contribution in [-0.2, 0) is 6.54 Å². The van der Waals surface area contributed by atoms with Crippen LogP contribution in [0.2, 0.25) is 0 Å². The summed E-state index contributed by atoms with van der Waals surface area (Å²) < 4.78 is 0. The standard InChI is InChI=1S/C18H25N3O2/c1-2-11-21(13-15-5-3-14(12-19)4-6-15)18(23)20-16-7-9-17(22)10-8-16/h3-6,16-17,22H,2,7-11,13H2,1H3,(H,20,23). The maximum atomic E-state index is 12.5. The Bertz CT molecular complexity index is 542. The van der Waals surface area contributed by atoms with Gasteiger partial charge in [-0.2, -0.15) is 5.26 Å². The summed E-state index contributed by atoms with van der Waals surface area (Å²) in [6.45, 7) is 3.29. The number of nitrogens with one attached hydrogen (secondary N) is 1. The number of carbonyl (C=O) groups excluding carboxylic acids is 1. The van der Waals surface area contributed by atoms with Gasteiger partial charge in [0.05, 0.1) is 17.7 Å². The lowest BCUT2D eigenvalue weighted by Crippen LogP contribution is -2.46. The molecule has 124 valence electrons. The van der Waals surface area contributed by atoms with Crippen LogP contribution in [0.15, 0.2) is 24.3 Å². The van der Waals surface area contributed by atoms with E-state index < -0.39 is 0 Å². The third-order valence-electron chi connectivity index (χ3n) is 4.26. The molecule has 1 aromatic rings. The molecule has 2 rings (SSSR count). The molecule has 1 aromatic carbocycles. The SMILES string of the molecule is CCCN(Cc1ccc(C#N)cc1)C(=O)NC1CCC(O)CC1. The first-order valence-electron chi connectivity index (χ1n) is 8.35. The highest BCUT2D eigenvalue weighted by Gasteiger charge is 2.23. The van der Waals surface area contributed by atoms with Gasteiger partial charge in [-0.25, -0.2) is 4.79 Å². The zero-order valence-electron chi connectivity index (χ0n) is 13.7. The summed E-state index contributed by atoms with van der Waals surface area (Å²) in [4.78, 5) is 14.3. The molecular formula is C18H25N3O2. The molecule has 2 N–H and O–H groups in total. The summed E-state index contributed by atoms with van der Waals surface area (Å²) >= 11 is 0. The summed E-state index contributed by atoms with van der Waals surface area (Å²) in [6.07, 6.45) is 3.87. The summed E-state index contributed by atoms with van der Waals surface area (Å²) in [7, 11) is 0. The van der Waals surface area contributed by atoms with Crippen LogP contribution >= 0.6 is 0 Å². The number of urea groups is 1. The molecule has 0 heterocycles. The van der Waals surface area contributed by atoms with Crippen molar-refractivity contribution in [2.75, 3.05) is 6.54 Å². The Morgan fingerprint density at radius 1 is 1.30 bits per heavy atom. The Morgan fingerprint density at radius 2 is 1.96 bits per heavy atom. The van der Waals surface area contributed by atoms with Gasteiger partial charge in [0.1, 0.15) is 0 Å². The minimum Gasteiger partial charge on any atom is -0.393 e. The van der Waals surface area contributed by atoms with Crippen molar-refractivity contribution in [3.8, 4) is 6.07 Å². The van der Waals surface area contributed by atoms with Crippen LogP contribution in [0.1, 0.15) is 50.2 Å². The van der Waals surface area contributed by atoms with Crippen molar-refractivity contribution in [3.05, 3.63) is 35.4 Å². The van der Waals surface area contributed by atoms with Crippen molar-refractivity contribution in [2.45, 2.75) is 57.7 Å². The average molecular weight is 315 g/mol. The van der Waals surface area contributed by atoms with Crippen molar-refractivity contribution in [1.29, 1.82) is 5.26 Å². The van der Waals surface area contributed by atoms with E-state index in [1.54, 1.807) is 12.1 Å². The number of amides is 2. The van der Waals surface area contributed by atoms with Gasteiger partial charge in [-0.05, 0) is 49.8 Å². The second-order valence-electron chi connectivity index (χ2n) is 6.19. The highest BCUT2D eigenvalue weighted by Crippen LogP contribution is 2.18. The van der Waals surface area contributed by atoms with Gasteiger partial charge in [-0.1, -0.05) is 19.1 Å². The monoisotopic (exact) mass is 315 g/mol. The lowest BCUT2D eigenvalue weighted by Gasteiger charge is -2.30. The minimum absolute atomic E-state index is 0.0439. The number of benzene rings is 1. The first kappa shape index (κ1) is 17.3. The summed E-state index contributed by atoms with van der Waals surface area (Å²) in [6, 6.07) is 9.56. The Balaban J connectivity index is 1.93. The van der Waals surface area contributed by atoms with Gasteiger partial charge >= 0.3 is 6.03 Å². The van der Waals surface area contributed by atoms with E-state index in [0.717, 1.165) is 37.7 Å². The molecule has 0 saturated heterocycles. The molecule has 2 amide bonds. The van der Waals surface area contributed by atoms with E-state index in [1.165, 1.54) is 0 Å². The van der Waals surface area contributed by atoms with E-state index in [1.807, 2.05) is 17.0 Å². The zero-order valence-corrected chi connectivity index (χ0v) is 13.7.